The van der Waals surface area contributed by atoms with E-state index >= 15 is 0 Å². The molecule has 1 fully saturated rings. The van der Waals surface area contributed by atoms with Crippen LogP contribution in [0.1, 0.15) is 37.3 Å². The van der Waals surface area contributed by atoms with Crippen molar-refractivity contribution in [2.75, 3.05) is 20.2 Å². The van der Waals surface area contributed by atoms with Crippen molar-refractivity contribution in [2.45, 2.75) is 39.7 Å². The van der Waals surface area contributed by atoms with Crippen LogP contribution in [-0.4, -0.2) is 26.2 Å². The van der Waals surface area contributed by atoms with Gasteiger partial charge in [0.15, 0.2) is 5.96 Å². The van der Waals surface area contributed by atoms with Gasteiger partial charge < -0.3 is 15.4 Å². The maximum absolute atomic E-state index is 5.99. The molecule has 1 aliphatic rings. The van der Waals surface area contributed by atoms with Crippen molar-refractivity contribution in [3.8, 4) is 5.75 Å². The SMILES string of the molecule is CCCNC(=NC)NCc1ccc(C)cc1OCC1CC1. The number of benzene rings is 1. The molecule has 0 atom stereocenters. The lowest BCUT2D eigenvalue weighted by atomic mass is 10.1. The van der Waals surface area contributed by atoms with Gasteiger partial charge in [-0.25, -0.2) is 0 Å². The molecule has 0 unspecified atom stereocenters. The van der Waals surface area contributed by atoms with Gasteiger partial charge in [0.2, 0.25) is 0 Å². The molecule has 1 aliphatic carbocycles. The standard InChI is InChI=1S/C17H27N3O/c1-4-9-19-17(18-3)20-11-15-8-5-13(2)10-16(15)21-12-14-6-7-14/h5,8,10,14H,4,6-7,9,11-12H2,1-3H3,(H2,18,19,20). The fourth-order valence-electron chi connectivity index (χ4n) is 2.08. The minimum Gasteiger partial charge on any atom is -0.493 e. The van der Waals surface area contributed by atoms with Crippen LogP contribution < -0.4 is 15.4 Å². The monoisotopic (exact) mass is 289 g/mol. The van der Waals surface area contributed by atoms with E-state index in [1.165, 1.54) is 24.0 Å². The van der Waals surface area contributed by atoms with Crippen molar-refractivity contribution in [1.29, 1.82) is 0 Å². The van der Waals surface area contributed by atoms with E-state index in [9.17, 15) is 0 Å². The summed E-state index contributed by atoms with van der Waals surface area (Å²) in [5.74, 6) is 2.61. The molecule has 1 aromatic carbocycles. The molecule has 0 saturated heterocycles. The Bertz CT molecular complexity index is 481. The van der Waals surface area contributed by atoms with Gasteiger partial charge in [-0.3, -0.25) is 4.99 Å². The molecule has 0 amide bonds. The van der Waals surface area contributed by atoms with E-state index in [2.05, 4.69) is 47.7 Å². The minimum atomic E-state index is 0.726. The van der Waals surface area contributed by atoms with Crippen LogP contribution in [0.2, 0.25) is 0 Å². The summed E-state index contributed by atoms with van der Waals surface area (Å²) in [4.78, 5) is 4.23. The maximum atomic E-state index is 5.99. The smallest absolute Gasteiger partial charge is 0.191 e. The highest BCUT2D eigenvalue weighted by Crippen LogP contribution is 2.30. The first-order valence-corrected chi connectivity index (χ1v) is 7.89. The van der Waals surface area contributed by atoms with Gasteiger partial charge in [0, 0.05) is 25.7 Å². The number of hydrogen-bond acceptors (Lipinski definition) is 2. The van der Waals surface area contributed by atoms with Gasteiger partial charge in [-0.15, -0.1) is 0 Å². The molecule has 0 aliphatic heterocycles. The molecule has 2 N–H and O–H groups in total. The largest absolute Gasteiger partial charge is 0.493 e. The summed E-state index contributed by atoms with van der Waals surface area (Å²) >= 11 is 0. The summed E-state index contributed by atoms with van der Waals surface area (Å²) in [6.07, 6.45) is 3.71. The van der Waals surface area contributed by atoms with E-state index in [1.807, 2.05) is 0 Å². The molecule has 0 heterocycles. The van der Waals surface area contributed by atoms with Crippen molar-refractivity contribution in [2.24, 2.45) is 10.9 Å². The Kier molecular flexibility index (Phi) is 5.90. The number of aryl methyl sites for hydroxylation is 1. The first-order chi connectivity index (χ1) is 10.2. The number of nitrogens with one attached hydrogen (secondary N) is 2. The predicted octanol–water partition coefficient (Wildman–Crippen LogP) is 2.86. The number of aliphatic imine (C=N–C) groups is 1. The predicted molar refractivity (Wildman–Crippen MR) is 87.9 cm³/mol. The quantitative estimate of drug-likeness (QED) is 0.599. The Hall–Kier alpha value is -1.71. The second-order valence-electron chi connectivity index (χ2n) is 5.72. The van der Waals surface area contributed by atoms with Gasteiger partial charge in [-0.1, -0.05) is 19.1 Å². The number of hydrogen-bond donors (Lipinski definition) is 2. The van der Waals surface area contributed by atoms with Crippen LogP contribution in [0.4, 0.5) is 0 Å². The van der Waals surface area contributed by atoms with Crippen molar-refractivity contribution < 1.29 is 4.74 Å². The van der Waals surface area contributed by atoms with Gasteiger partial charge in [0.25, 0.3) is 0 Å². The van der Waals surface area contributed by atoms with Crippen molar-refractivity contribution >= 4 is 5.96 Å². The zero-order valence-electron chi connectivity index (χ0n) is 13.4. The zero-order valence-corrected chi connectivity index (χ0v) is 13.4. The second-order valence-corrected chi connectivity index (χ2v) is 5.72. The van der Waals surface area contributed by atoms with E-state index in [0.29, 0.717) is 0 Å². The fraction of sp³-hybridized carbons (Fsp3) is 0.588. The maximum Gasteiger partial charge on any atom is 0.191 e. The van der Waals surface area contributed by atoms with Crippen LogP contribution in [0, 0.1) is 12.8 Å². The normalized spacial score (nSPS) is 14.9. The van der Waals surface area contributed by atoms with Crippen LogP contribution in [0.15, 0.2) is 23.2 Å². The Morgan fingerprint density at radius 2 is 2.14 bits per heavy atom. The Labute approximate surface area is 128 Å². The Balaban J connectivity index is 1.93. The van der Waals surface area contributed by atoms with Crippen LogP contribution >= 0.6 is 0 Å². The molecule has 116 valence electrons. The third-order valence-corrected chi connectivity index (χ3v) is 3.61. The van der Waals surface area contributed by atoms with Gasteiger partial charge in [-0.05, 0) is 43.7 Å². The van der Waals surface area contributed by atoms with Gasteiger partial charge >= 0.3 is 0 Å². The highest BCUT2D eigenvalue weighted by atomic mass is 16.5. The highest BCUT2D eigenvalue weighted by Gasteiger charge is 2.22. The summed E-state index contributed by atoms with van der Waals surface area (Å²) in [6, 6.07) is 6.39. The van der Waals surface area contributed by atoms with Gasteiger partial charge in [0.05, 0.1) is 6.61 Å². The van der Waals surface area contributed by atoms with E-state index in [1.54, 1.807) is 7.05 Å². The molecular formula is C17H27N3O. The molecule has 0 aromatic heterocycles. The van der Waals surface area contributed by atoms with E-state index in [4.69, 9.17) is 4.74 Å². The average Bonchev–Trinajstić information content (AvgIpc) is 3.31. The lowest BCUT2D eigenvalue weighted by molar-refractivity contribution is 0.296. The molecule has 0 spiro atoms. The van der Waals surface area contributed by atoms with Crippen LogP contribution in [0.3, 0.4) is 0 Å². The number of guanidine groups is 1. The van der Waals surface area contributed by atoms with E-state index < -0.39 is 0 Å². The summed E-state index contributed by atoms with van der Waals surface area (Å²) < 4.78 is 5.99. The van der Waals surface area contributed by atoms with Crippen LogP contribution in [0.25, 0.3) is 0 Å². The highest BCUT2D eigenvalue weighted by molar-refractivity contribution is 5.79. The zero-order chi connectivity index (χ0) is 15.1. The Morgan fingerprint density at radius 3 is 2.81 bits per heavy atom. The lowest BCUT2D eigenvalue weighted by Gasteiger charge is -2.15. The van der Waals surface area contributed by atoms with Gasteiger partial charge in [-0.2, -0.15) is 0 Å². The molecule has 0 radical (unpaired) electrons. The third-order valence-electron chi connectivity index (χ3n) is 3.61. The summed E-state index contributed by atoms with van der Waals surface area (Å²) in [7, 11) is 1.80. The van der Waals surface area contributed by atoms with E-state index in [-0.39, 0.29) is 0 Å². The van der Waals surface area contributed by atoms with Gasteiger partial charge in [0.1, 0.15) is 5.75 Å². The topological polar surface area (TPSA) is 45.7 Å². The molecular weight excluding hydrogens is 262 g/mol. The summed E-state index contributed by atoms with van der Waals surface area (Å²) in [5, 5.41) is 6.62. The fourth-order valence-corrected chi connectivity index (χ4v) is 2.08. The number of ether oxygens (including phenoxy) is 1. The summed E-state index contributed by atoms with van der Waals surface area (Å²) in [6.45, 7) is 6.74. The van der Waals surface area contributed by atoms with Crippen molar-refractivity contribution in [3.63, 3.8) is 0 Å². The molecule has 4 heteroatoms. The van der Waals surface area contributed by atoms with Crippen LogP contribution in [-0.2, 0) is 6.54 Å². The second kappa shape index (κ2) is 7.91. The van der Waals surface area contributed by atoms with Crippen LogP contribution in [0.5, 0.6) is 5.75 Å². The van der Waals surface area contributed by atoms with Crippen molar-refractivity contribution in [3.05, 3.63) is 29.3 Å². The lowest BCUT2D eigenvalue weighted by Crippen LogP contribution is -2.37. The molecule has 4 nitrogen and oxygen atoms in total. The van der Waals surface area contributed by atoms with Crippen molar-refractivity contribution in [1.82, 2.24) is 10.6 Å². The molecule has 1 saturated carbocycles. The Morgan fingerprint density at radius 1 is 1.33 bits per heavy atom. The van der Waals surface area contributed by atoms with E-state index in [0.717, 1.165) is 43.7 Å². The third kappa shape index (κ3) is 5.29. The molecule has 0 bridgehead atoms. The summed E-state index contributed by atoms with van der Waals surface area (Å²) in [5.41, 5.74) is 2.42. The first kappa shape index (κ1) is 15.7. The molecule has 2 rings (SSSR count). The molecule has 21 heavy (non-hydrogen) atoms. The minimum absolute atomic E-state index is 0.726. The number of nitrogens with zero attached hydrogens (tertiary/aromatic N) is 1. The average molecular weight is 289 g/mol. The number of rotatable bonds is 7. The molecule has 1 aromatic rings. The first-order valence-electron chi connectivity index (χ1n) is 7.89.